The minimum Gasteiger partial charge on any atom is -0.543 e. The van der Waals surface area contributed by atoms with Gasteiger partial charge in [-0.15, -0.1) is 0 Å². The van der Waals surface area contributed by atoms with E-state index in [1.54, 1.807) is 0 Å². The molecule has 0 amide bonds. The van der Waals surface area contributed by atoms with Crippen molar-refractivity contribution in [1.29, 1.82) is 0 Å². The summed E-state index contributed by atoms with van der Waals surface area (Å²) in [5, 5.41) is 9.69. The lowest BCUT2D eigenvalue weighted by Gasteiger charge is -2.57. The van der Waals surface area contributed by atoms with Gasteiger partial charge >= 0.3 is 0 Å². The molecule has 4 fully saturated rings. The molecule has 0 heterocycles. The first kappa shape index (κ1) is 19.5. The molecule has 0 atom stereocenters. The average Bonchev–Trinajstić information content (AvgIpc) is 2.54. The van der Waals surface area contributed by atoms with Crippen LogP contribution in [0.1, 0.15) is 70.4 Å². The Morgan fingerprint density at radius 2 is 1.59 bits per heavy atom. The van der Waals surface area contributed by atoms with Gasteiger partial charge in [0.1, 0.15) is 5.75 Å². The maximum atomic E-state index is 9.48. The highest BCUT2D eigenvalue weighted by molar-refractivity contribution is 6.74. The molecule has 4 aliphatic carbocycles. The van der Waals surface area contributed by atoms with E-state index in [9.17, 15) is 5.11 Å². The molecule has 1 aromatic rings. The van der Waals surface area contributed by atoms with Gasteiger partial charge < -0.3 is 9.53 Å². The molecular formula is C24H38O2Si. The Balaban J connectivity index is 1.75. The predicted octanol–water partition coefficient (Wildman–Crippen LogP) is 6.07. The summed E-state index contributed by atoms with van der Waals surface area (Å²) in [5.74, 6) is 3.95. The van der Waals surface area contributed by atoms with Crippen molar-refractivity contribution >= 4 is 8.32 Å². The molecular weight excluding hydrogens is 348 g/mol. The van der Waals surface area contributed by atoms with Gasteiger partial charge in [0, 0.05) is 6.61 Å². The second-order valence-corrected chi connectivity index (χ2v) is 16.1. The van der Waals surface area contributed by atoms with E-state index in [1.165, 1.54) is 49.7 Å². The van der Waals surface area contributed by atoms with Crippen LogP contribution in [0.2, 0.25) is 18.1 Å². The van der Waals surface area contributed by atoms with E-state index in [1.807, 2.05) is 0 Å². The van der Waals surface area contributed by atoms with Crippen LogP contribution in [0.15, 0.2) is 18.2 Å². The Bertz CT molecular complexity index is 666. The molecule has 0 unspecified atom stereocenters. The summed E-state index contributed by atoms with van der Waals surface area (Å²) in [4.78, 5) is 0. The summed E-state index contributed by atoms with van der Waals surface area (Å²) < 4.78 is 6.90. The van der Waals surface area contributed by atoms with E-state index in [-0.39, 0.29) is 11.6 Å². The summed E-state index contributed by atoms with van der Waals surface area (Å²) in [6.07, 6.45) is 9.22. The van der Waals surface area contributed by atoms with Crippen molar-refractivity contribution in [1.82, 2.24) is 0 Å². The van der Waals surface area contributed by atoms with Crippen LogP contribution < -0.4 is 4.43 Å². The third-order valence-electron chi connectivity index (χ3n) is 8.23. The number of hydrogen-bond donors (Lipinski definition) is 1. The highest BCUT2D eigenvalue weighted by Crippen LogP contribution is 2.62. The highest BCUT2D eigenvalue weighted by atomic mass is 28.4. The van der Waals surface area contributed by atoms with Gasteiger partial charge in [0.25, 0.3) is 0 Å². The molecule has 0 aromatic heterocycles. The zero-order valence-electron chi connectivity index (χ0n) is 18.0. The molecule has 5 rings (SSSR count). The van der Waals surface area contributed by atoms with Gasteiger partial charge in [-0.05, 0) is 103 Å². The van der Waals surface area contributed by atoms with Gasteiger partial charge in [-0.25, -0.2) is 0 Å². The highest BCUT2D eigenvalue weighted by Gasteiger charge is 2.53. The largest absolute Gasteiger partial charge is 0.543 e. The lowest BCUT2D eigenvalue weighted by molar-refractivity contribution is -0.00590. The number of aliphatic hydroxyl groups excluding tert-OH is 1. The lowest BCUT2D eigenvalue weighted by atomic mass is 9.48. The second-order valence-electron chi connectivity index (χ2n) is 11.4. The Kier molecular flexibility index (Phi) is 4.79. The number of benzene rings is 1. The van der Waals surface area contributed by atoms with Crippen molar-refractivity contribution < 1.29 is 9.53 Å². The van der Waals surface area contributed by atoms with Crippen molar-refractivity contribution in [2.24, 2.45) is 17.8 Å². The molecule has 0 radical (unpaired) electrons. The molecule has 4 saturated carbocycles. The molecule has 4 aliphatic rings. The van der Waals surface area contributed by atoms with Crippen molar-refractivity contribution in [2.75, 3.05) is 6.61 Å². The summed E-state index contributed by atoms with van der Waals surface area (Å²) in [5.41, 5.74) is 3.08. The standard InChI is InChI=1S/C24H38O2Si/c1-23(2,3)27(4,5)26-22-7-6-17(8-9-25)13-21(22)24-14-18-10-19(15-24)12-20(11-18)16-24/h6-7,13,18-20,25H,8-12,14-16H2,1-5H3. The van der Waals surface area contributed by atoms with Crippen LogP contribution in [0, 0.1) is 17.8 Å². The topological polar surface area (TPSA) is 29.5 Å². The molecule has 1 aromatic carbocycles. The number of aliphatic hydroxyl groups is 1. The van der Waals surface area contributed by atoms with E-state index in [4.69, 9.17) is 4.43 Å². The second kappa shape index (κ2) is 6.62. The van der Waals surface area contributed by atoms with Crippen LogP contribution in [-0.2, 0) is 11.8 Å². The van der Waals surface area contributed by atoms with E-state index >= 15 is 0 Å². The fourth-order valence-electron chi connectivity index (χ4n) is 6.23. The Morgan fingerprint density at radius 3 is 2.07 bits per heavy atom. The van der Waals surface area contributed by atoms with Gasteiger partial charge in [0.05, 0.1) is 0 Å². The molecule has 0 spiro atoms. The third-order valence-corrected chi connectivity index (χ3v) is 12.6. The Hall–Kier alpha value is -0.803. The minimum atomic E-state index is -1.88. The number of hydrogen-bond acceptors (Lipinski definition) is 2. The molecule has 0 aliphatic heterocycles. The van der Waals surface area contributed by atoms with Crippen LogP contribution in [0.5, 0.6) is 5.75 Å². The Labute approximate surface area is 166 Å². The predicted molar refractivity (Wildman–Crippen MR) is 115 cm³/mol. The van der Waals surface area contributed by atoms with Crippen LogP contribution in [0.4, 0.5) is 0 Å². The van der Waals surface area contributed by atoms with E-state index in [0.717, 1.165) is 29.9 Å². The van der Waals surface area contributed by atoms with Crippen LogP contribution in [0.3, 0.4) is 0 Å². The first-order valence-corrected chi connectivity index (χ1v) is 14.0. The zero-order chi connectivity index (χ0) is 19.4. The monoisotopic (exact) mass is 386 g/mol. The van der Waals surface area contributed by atoms with Crippen LogP contribution in [0.25, 0.3) is 0 Å². The normalized spacial score (nSPS) is 32.7. The first-order valence-electron chi connectivity index (χ1n) is 11.1. The lowest BCUT2D eigenvalue weighted by Crippen LogP contribution is -2.49. The summed E-state index contributed by atoms with van der Waals surface area (Å²) in [7, 11) is -1.88. The smallest absolute Gasteiger partial charge is 0.250 e. The van der Waals surface area contributed by atoms with E-state index in [0.29, 0.717) is 5.41 Å². The summed E-state index contributed by atoms with van der Waals surface area (Å²) in [6, 6.07) is 6.83. The van der Waals surface area contributed by atoms with E-state index in [2.05, 4.69) is 52.1 Å². The zero-order valence-corrected chi connectivity index (χ0v) is 19.0. The SMILES string of the molecule is CC(C)(C)[Si](C)(C)Oc1ccc(CCO)cc1C12CC3CC(CC(C3)C1)C2. The van der Waals surface area contributed by atoms with Crippen molar-refractivity contribution in [3.8, 4) is 5.75 Å². The molecule has 4 bridgehead atoms. The summed E-state index contributed by atoms with van der Waals surface area (Å²) in [6.45, 7) is 11.9. The fourth-order valence-corrected chi connectivity index (χ4v) is 7.27. The number of rotatable bonds is 5. The minimum absolute atomic E-state index is 0.204. The molecule has 27 heavy (non-hydrogen) atoms. The van der Waals surface area contributed by atoms with Gasteiger partial charge in [-0.3, -0.25) is 0 Å². The fraction of sp³-hybridized carbons (Fsp3) is 0.750. The van der Waals surface area contributed by atoms with Gasteiger partial charge in [-0.2, -0.15) is 0 Å². The van der Waals surface area contributed by atoms with Gasteiger partial charge in [-0.1, -0.05) is 32.9 Å². The molecule has 150 valence electrons. The van der Waals surface area contributed by atoms with Crippen molar-refractivity contribution in [3.63, 3.8) is 0 Å². The quantitative estimate of drug-likeness (QED) is 0.622. The maximum Gasteiger partial charge on any atom is 0.250 e. The molecule has 0 saturated heterocycles. The molecule has 1 N–H and O–H groups in total. The first-order chi connectivity index (χ1) is 12.6. The third kappa shape index (κ3) is 3.50. The maximum absolute atomic E-state index is 9.48. The van der Waals surface area contributed by atoms with Crippen LogP contribution in [-0.4, -0.2) is 20.0 Å². The molecule has 3 heteroatoms. The van der Waals surface area contributed by atoms with E-state index < -0.39 is 8.32 Å². The van der Waals surface area contributed by atoms with Crippen LogP contribution >= 0.6 is 0 Å². The van der Waals surface area contributed by atoms with Gasteiger partial charge in [0.2, 0.25) is 8.32 Å². The summed E-state index contributed by atoms with van der Waals surface area (Å²) >= 11 is 0. The van der Waals surface area contributed by atoms with Gasteiger partial charge in [0.15, 0.2) is 0 Å². The molecule has 2 nitrogen and oxygen atoms in total. The Morgan fingerprint density at radius 1 is 1.04 bits per heavy atom. The van der Waals surface area contributed by atoms with Crippen molar-refractivity contribution in [3.05, 3.63) is 29.3 Å². The average molecular weight is 387 g/mol. The van der Waals surface area contributed by atoms with Crippen molar-refractivity contribution in [2.45, 2.75) is 89.3 Å².